The van der Waals surface area contributed by atoms with E-state index in [0.717, 1.165) is 15.9 Å². The van der Waals surface area contributed by atoms with E-state index in [0.29, 0.717) is 5.69 Å². The number of aromatic nitrogens is 1. The van der Waals surface area contributed by atoms with Gasteiger partial charge in [-0.3, -0.25) is 4.79 Å². The van der Waals surface area contributed by atoms with Gasteiger partial charge in [0.2, 0.25) is 0 Å². The van der Waals surface area contributed by atoms with E-state index >= 15 is 0 Å². The maximum atomic E-state index is 12.6. The zero-order valence-electron chi connectivity index (χ0n) is 12.4. The third-order valence-corrected chi connectivity index (χ3v) is 4.37. The maximum absolute atomic E-state index is 12.6. The van der Waals surface area contributed by atoms with Crippen LogP contribution in [0, 0.1) is 6.92 Å². The van der Waals surface area contributed by atoms with Gasteiger partial charge in [-0.1, -0.05) is 17.7 Å². The number of nitrogens with zero attached hydrogens (tertiary/aromatic N) is 1. The molecular formula is C17H18N2OS. The number of thiophene rings is 1. The Kier molecular flexibility index (Phi) is 3.55. The van der Waals surface area contributed by atoms with Gasteiger partial charge in [0.05, 0.1) is 10.2 Å². The lowest BCUT2D eigenvalue weighted by molar-refractivity contribution is 0.101. The first-order chi connectivity index (χ1) is 10.1. The number of nitrogens with one attached hydrogen (secondary N) is 1. The molecule has 0 bridgehead atoms. The summed E-state index contributed by atoms with van der Waals surface area (Å²) in [5.41, 5.74) is 3.85. The van der Waals surface area contributed by atoms with Crippen molar-refractivity contribution in [2.75, 3.05) is 5.32 Å². The van der Waals surface area contributed by atoms with Crippen LogP contribution >= 0.6 is 11.3 Å². The highest BCUT2D eigenvalue weighted by Crippen LogP contribution is 2.28. The van der Waals surface area contributed by atoms with Crippen LogP contribution in [0.1, 0.15) is 35.9 Å². The summed E-state index contributed by atoms with van der Waals surface area (Å²) >= 11 is 1.66. The standard InChI is InChI=1S/C17H18N2OS/c1-11(2)19-14-8-9-21-16(14)10-15(19)17(20)18-13-6-4-12(3)5-7-13/h4-11H,1-3H3,(H,18,20). The van der Waals surface area contributed by atoms with Crippen molar-refractivity contribution in [1.29, 1.82) is 0 Å². The van der Waals surface area contributed by atoms with Gasteiger partial charge in [0.15, 0.2) is 0 Å². The first-order valence-electron chi connectivity index (χ1n) is 7.02. The number of anilines is 1. The Morgan fingerprint density at radius 3 is 2.57 bits per heavy atom. The molecular weight excluding hydrogens is 280 g/mol. The molecule has 4 heteroatoms. The first kappa shape index (κ1) is 13.9. The monoisotopic (exact) mass is 298 g/mol. The molecule has 0 atom stereocenters. The molecule has 3 rings (SSSR count). The number of carbonyl (C=O) groups is 1. The largest absolute Gasteiger partial charge is 0.333 e. The van der Waals surface area contributed by atoms with E-state index in [1.54, 1.807) is 11.3 Å². The summed E-state index contributed by atoms with van der Waals surface area (Å²) in [6.45, 7) is 6.23. The Balaban J connectivity index is 1.95. The van der Waals surface area contributed by atoms with Crippen LogP contribution in [0.4, 0.5) is 5.69 Å². The summed E-state index contributed by atoms with van der Waals surface area (Å²) in [5, 5.41) is 5.04. The number of hydrogen-bond donors (Lipinski definition) is 1. The average molecular weight is 298 g/mol. The number of rotatable bonds is 3. The second kappa shape index (κ2) is 5.37. The predicted octanol–water partition coefficient (Wildman–Crippen LogP) is 4.84. The molecule has 3 nitrogen and oxygen atoms in total. The van der Waals surface area contributed by atoms with Crippen molar-refractivity contribution >= 4 is 33.1 Å². The Morgan fingerprint density at radius 2 is 1.90 bits per heavy atom. The fraction of sp³-hybridized carbons (Fsp3) is 0.235. The second-order valence-corrected chi connectivity index (χ2v) is 6.43. The summed E-state index contributed by atoms with van der Waals surface area (Å²) in [5.74, 6) is -0.0593. The van der Waals surface area contributed by atoms with Crippen LogP contribution in [0.25, 0.3) is 10.2 Å². The Hall–Kier alpha value is -2.07. The number of benzene rings is 1. The highest BCUT2D eigenvalue weighted by molar-refractivity contribution is 7.17. The van der Waals surface area contributed by atoms with Gasteiger partial charge in [0.1, 0.15) is 5.69 Å². The predicted molar refractivity (Wildman–Crippen MR) is 89.3 cm³/mol. The smallest absolute Gasteiger partial charge is 0.272 e. The summed E-state index contributed by atoms with van der Waals surface area (Å²) in [4.78, 5) is 12.6. The number of carbonyl (C=O) groups excluding carboxylic acids is 1. The number of hydrogen-bond acceptors (Lipinski definition) is 2. The van der Waals surface area contributed by atoms with Crippen LogP contribution < -0.4 is 5.32 Å². The van der Waals surface area contributed by atoms with E-state index in [-0.39, 0.29) is 11.9 Å². The molecule has 3 aromatic rings. The van der Waals surface area contributed by atoms with Crippen molar-refractivity contribution in [1.82, 2.24) is 4.57 Å². The molecule has 21 heavy (non-hydrogen) atoms. The topological polar surface area (TPSA) is 34.0 Å². The van der Waals surface area contributed by atoms with E-state index in [1.165, 1.54) is 5.56 Å². The normalized spacial score (nSPS) is 11.2. The van der Waals surface area contributed by atoms with Crippen LogP contribution in [0.5, 0.6) is 0 Å². The minimum absolute atomic E-state index is 0.0593. The lowest BCUT2D eigenvalue weighted by Gasteiger charge is -2.14. The van der Waals surface area contributed by atoms with Gasteiger partial charge >= 0.3 is 0 Å². The molecule has 0 fully saturated rings. The maximum Gasteiger partial charge on any atom is 0.272 e. The third kappa shape index (κ3) is 2.59. The van der Waals surface area contributed by atoms with E-state index in [2.05, 4.69) is 35.2 Å². The fourth-order valence-corrected chi connectivity index (χ4v) is 3.32. The van der Waals surface area contributed by atoms with Gasteiger partial charge in [-0.2, -0.15) is 0 Å². The molecule has 0 aliphatic rings. The summed E-state index contributed by atoms with van der Waals surface area (Å²) in [6, 6.07) is 12.1. The van der Waals surface area contributed by atoms with Gasteiger partial charge in [0, 0.05) is 11.7 Å². The van der Waals surface area contributed by atoms with E-state index in [4.69, 9.17) is 0 Å². The third-order valence-electron chi connectivity index (χ3n) is 3.52. The fourth-order valence-electron chi connectivity index (χ4n) is 2.51. The molecule has 2 heterocycles. The molecule has 0 aliphatic heterocycles. The van der Waals surface area contributed by atoms with E-state index in [1.807, 2.05) is 37.3 Å². The molecule has 0 spiro atoms. The highest BCUT2D eigenvalue weighted by atomic mass is 32.1. The van der Waals surface area contributed by atoms with Gasteiger partial charge in [-0.05, 0) is 50.4 Å². The van der Waals surface area contributed by atoms with Gasteiger partial charge < -0.3 is 9.88 Å². The van der Waals surface area contributed by atoms with Gasteiger partial charge in [-0.15, -0.1) is 11.3 Å². The summed E-state index contributed by atoms with van der Waals surface area (Å²) < 4.78 is 3.24. The quantitative estimate of drug-likeness (QED) is 0.737. The number of fused-ring (bicyclic) bond motifs is 1. The molecule has 0 radical (unpaired) electrons. The Bertz CT molecular complexity index is 781. The van der Waals surface area contributed by atoms with Crippen molar-refractivity contribution in [3.8, 4) is 0 Å². The zero-order valence-corrected chi connectivity index (χ0v) is 13.2. The minimum Gasteiger partial charge on any atom is -0.333 e. The Labute approximate surface area is 128 Å². The average Bonchev–Trinajstić information content (AvgIpc) is 3.00. The summed E-state index contributed by atoms with van der Waals surface area (Å²) in [6.07, 6.45) is 0. The lowest BCUT2D eigenvalue weighted by atomic mass is 10.2. The van der Waals surface area contributed by atoms with Crippen LogP contribution in [0.2, 0.25) is 0 Å². The van der Waals surface area contributed by atoms with Crippen molar-refractivity contribution in [3.63, 3.8) is 0 Å². The summed E-state index contributed by atoms with van der Waals surface area (Å²) in [7, 11) is 0. The second-order valence-electron chi connectivity index (χ2n) is 5.48. The molecule has 0 aliphatic carbocycles. The minimum atomic E-state index is -0.0593. The molecule has 1 amide bonds. The van der Waals surface area contributed by atoms with Crippen molar-refractivity contribution in [3.05, 3.63) is 53.0 Å². The molecule has 0 unspecified atom stereocenters. The van der Waals surface area contributed by atoms with Crippen molar-refractivity contribution in [2.45, 2.75) is 26.8 Å². The molecule has 0 saturated heterocycles. The first-order valence-corrected chi connectivity index (χ1v) is 7.90. The molecule has 1 N–H and O–H groups in total. The van der Waals surface area contributed by atoms with Gasteiger partial charge in [0.25, 0.3) is 5.91 Å². The van der Waals surface area contributed by atoms with Crippen molar-refractivity contribution in [2.24, 2.45) is 0 Å². The molecule has 108 valence electrons. The van der Waals surface area contributed by atoms with E-state index in [9.17, 15) is 4.79 Å². The van der Waals surface area contributed by atoms with Crippen LogP contribution in [-0.4, -0.2) is 10.5 Å². The zero-order chi connectivity index (χ0) is 15.0. The molecule has 0 saturated carbocycles. The number of aryl methyl sites for hydroxylation is 1. The SMILES string of the molecule is Cc1ccc(NC(=O)c2cc3sccc3n2C(C)C)cc1. The van der Waals surface area contributed by atoms with Crippen molar-refractivity contribution < 1.29 is 4.79 Å². The Morgan fingerprint density at radius 1 is 1.19 bits per heavy atom. The van der Waals surface area contributed by atoms with E-state index < -0.39 is 0 Å². The highest BCUT2D eigenvalue weighted by Gasteiger charge is 2.18. The van der Waals surface area contributed by atoms with Crippen LogP contribution in [0.3, 0.4) is 0 Å². The lowest BCUT2D eigenvalue weighted by Crippen LogP contribution is -2.18. The van der Waals surface area contributed by atoms with Gasteiger partial charge in [-0.25, -0.2) is 0 Å². The molecule has 1 aromatic carbocycles. The van der Waals surface area contributed by atoms with Crippen LogP contribution in [-0.2, 0) is 0 Å². The molecule has 2 aromatic heterocycles. The van der Waals surface area contributed by atoms with Crippen LogP contribution in [0.15, 0.2) is 41.8 Å². The number of amides is 1.